The van der Waals surface area contributed by atoms with Gasteiger partial charge in [-0.15, -0.1) is 0 Å². The average molecular weight is 177 g/mol. The van der Waals surface area contributed by atoms with Gasteiger partial charge < -0.3 is 6.15 Å². The Hall–Kier alpha value is -1.41. The summed E-state index contributed by atoms with van der Waals surface area (Å²) < 4.78 is 13.2. The molecule has 2 aromatic rings. The highest BCUT2D eigenvalue weighted by Crippen LogP contribution is 2.18. The van der Waals surface area contributed by atoms with Crippen molar-refractivity contribution in [2.45, 2.75) is 6.92 Å². The number of aryl methyl sites for hydroxylation is 1. The van der Waals surface area contributed by atoms with Crippen molar-refractivity contribution in [3.05, 3.63) is 47.8 Å². The maximum atomic E-state index is 13.2. The van der Waals surface area contributed by atoms with E-state index in [-0.39, 0.29) is 12.0 Å². The predicted octanol–water partition coefficient (Wildman–Crippen LogP) is 3.45. The highest BCUT2D eigenvalue weighted by Gasteiger charge is 1.98. The van der Waals surface area contributed by atoms with E-state index in [4.69, 9.17) is 0 Å². The van der Waals surface area contributed by atoms with Crippen molar-refractivity contribution in [1.29, 1.82) is 0 Å². The number of halogens is 1. The van der Waals surface area contributed by atoms with Crippen LogP contribution in [-0.4, -0.2) is 0 Å². The van der Waals surface area contributed by atoms with Gasteiger partial charge in [-0.3, -0.25) is 0 Å². The zero-order valence-electron chi connectivity index (χ0n) is 7.55. The third-order valence-electron chi connectivity index (χ3n) is 1.98. The number of rotatable bonds is 0. The van der Waals surface area contributed by atoms with Crippen LogP contribution in [0.4, 0.5) is 4.39 Å². The molecule has 0 atom stereocenters. The molecule has 0 aliphatic heterocycles. The van der Waals surface area contributed by atoms with E-state index in [0.29, 0.717) is 5.39 Å². The van der Waals surface area contributed by atoms with Gasteiger partial charge in [-0.25, -0.2) is 4.39 Å². The van der Waals surface area contributed by atoms with E-state index in [9.17, 15) is 4.39 Å². The molecule has 0 saturated carbocycles. The first kappa shape index (κ1) is 9.68. The SMILES string of the molecule is Cc1ccc2cccc(F)c2c1.N. The molecule has 68 valence electrons. The van der Waals surface area contributed by atoms with Gasteiger partial charge in [0.15, 0.2) is 0 Å². The minimum atomic E-state index is -0.142. The Kier molecular flexibility index (Phi) is 2.63. The molecule has 0 saturated heterocycles. The molecule has 0 amide bonds. The lowest BCUT2D eigenvalue weighted by Crippen LogP contribution is -1.79. The molecule has 0 unspecified atom stereocenters. The van der Waals surface area contributed by atoms with Crippen molar-refractivity contribution < 1.29 is 4.39 Å². The molecule has 0 aliphatic carbocycles. The molecule has 2 aromatic carbocycles. The molecule has 2 rings (SSSR count). The standard InChI is InChI=1S/C11H9F.H3N/c1-8-5-6-9-3-2-4-11(12)10(9)7-8;/h2-7H,1H3;1H3. The molecule has 0 radical (unpaired) electrons. The zero-order chi connectivity index (χ0) is 8.55. The van der Waals surface area contributed by atoms with Gasteiger partial charge in [0.05, 0.1) is 0 Å². The van der Waals surface area contributed by atoms with Crippen LogP contribution in [0.15, 0.2) is 36.4 Å². The van der Waals surface area contributed by atoms with Gasteiger partial charge in [0.25, 0.3) is 0 Å². The summed E-state index contributed by atoms with van der Waals surface area (Å²) in [4.78, 5) is 0. The maximum Gasteiger partial charge on any atom is 0.131 e. The van der Waals surface area contributed by atoms with Crippen LogP contribution >= 0.6 is 0 Å². The van der Waals surface area contributed by atoms with Crippen LogP contribution in [0.3, 0.4) is 0 Å². The summed E-state index contributed by atoms with van der Waals surface area (Å²) in [6, 6.07) is 10.9. The van der Waals surface area contributed by atoms with Crippen LogP contribution in [0, 0.1) is 12.7 Å². The Morgan fingerprint density at radius 3 is 2.62 bits per heavy atom. The highest BCUT2D eigenvalue weighted by molar-refractivity contribution is 5.83. The molecule has 1 nitrogen and oxygen atoms in total. The van der Waals surface area contributed by atoms with E-state index < -0.39 is 0 Å². The van der Waals surface area contributed by atoms with Crippen molar-refractivity contribution in [1.82, 2.24) is 6.15 Å². The van der Waals surface area contributed by atoms with E-state index in [2.05, 4.69) is 0 Å². The fourth-order valence-corrected chi connectivity index (χ4v) is 1.35. The second kappa shape index (κ2) is 3.54. The number of benzene rings is 2. The Morgan fingerprint density at radius 2 is 1.85 bits per heavy atom. The third kappa shape index (κ3) is 1.68. The molecule has 0 bridgehead atoms. The largest absolute Gasteiger partial charge is 0.344 e. The minimum Gasteiger partial charge on any atom is -0.344 e. The van der Waals surface area contributed by atoms with Crippen LogP contribution in [-0.2, 0) is 0 Å². The normalized spacial score (nSPS) is 9.69. The first-order valence-electron chi connectivity index (χ1n) is 3.92. The average Bonchev–Trinajstić information content (AvgIpc) is 2.07. The molecule has 13 heavy (non-hydrogen) atoms. The van der Waals surface area contributed by atoms with Gasteiger partial charge in [0, 0.05) is 5.39 Å². The van der Waals surface area contributed by atoms with Crippen LogP contribution in [0.5, 0.6) is 0 Å². The van der Waals surface area contributed by atoms with Gasteiger partial charge in [-0.1, -0.05) is 29.8 Å². The fraction of sp³-hybridized carbons (Fsp3) is 0.0909. The maximum absolute atomic E-state index is 13.2. The van der Waals surface area contributed by atoms with E-state index >= 15 is 0 Å². The summed E-state index contributed by atoms with van der Waals surface area (Å²) in [5.41, 5.74) is 1.09. The lowest BCUT2D eigenvalue weighted by molar-refractivity contribution is 0.640. The van der Waals surface area contributed by atoms with Gasteiger partial charge >= 0.3 is 0 Å². The van der Waals surface area contributed by atoms with Crippen LogP contribution in [0.25, 0.3) is 10.8 Å². The van der Waals surface area contributed by atoms with Crippen molar-refractivity contribution in [3.8, 4) is 0 Å². The van der Waals surface area contributed by atoms with E-state index in [1.54, 1.807) is 6.07 Å². The lowest BCUT2D eigenvalue weighted by Gasteiger charge is -1.99. The van der Waals surface area contributed by atoms with E-state index in [0.717, 1.165) is 10.9 Å². The molecule has 0 fully saturated rings. The highest BCUT2D eigenvalue weighted by atomic mass is 19.1. The lowest BCUT2D eigenvalue weighted by atomic mass is 10.1. The van der Waals surface area contributed by atoms with E-state index in [1.165, 1.54) is 6.07 Å². The molecular formula is C11H12FN. The summed E-state index contributed by atoms with van der Waals surface area (Å²) in [5, 5.41) is 1.66. The topological polar surface area (TPSA) is 35.0 Å². The van der Waals surface area contributed by atoms with Crippen molar-refractivity contribution >= 4 is 10.8 Å². The third-order valence-corrected chi connectivity index (χ3v) is 1.98. The first-order chi connectivity index (χ1) is 5.77. The summed E-state index contributed by atoms with van der Waals surface area (Å²) >= 11 is 0. The summed E-state index contributed by atoms with van der Waals surface area (Å²) in [6.45, 7) is 1.96. The number of fused-ring (bicyclic) bond motifs is 1. The van der Waals surface area contributed by atoms with Crippen LogP contribution in [0.1, 0.15) is 5.56 Å². The Labute approximate surface area is 76.8 Å². The Bertz CT molecular complexity index is 423. The van der Waals surface area contributed by atoms with Gasteiger partial charge in [-0.2, -0.15) is 0 Å². The van der Waals surface area contributed by atoms with Crippen LogP contribution < -0.4 is 6.15 Å². The second-order valence-electron chi connectivity index (χ2n) is 2.96. The van der Waals surface area contributed by atoms with Gasteiger partial charge in [-0.05, 0) is 24.4 Å². The molecule has 3 N–H and O–H groups in total. The summed E-state index contributed by atoms with van der Waals surface area (Å²) in [5.74, 6) is -0.142. The van der Waals surface area contributed by atoms with E-state index in [1.807, 2.05) is 31.2 Å². The van der Waals surface area contributed by atoms with Crippen LogP contribution in [0.2, 0.25) is 0 Å². The number of hydrogen-bond acceptors (Lipinski definition) is 1. The Morgan fingerprint density at radius 1 is 1.08 bits per heavy atom. The van der Waals surface area contributed by atoms with Gasteiger partial charge in [0.2, 0.25) is 0 Å². The molecule has 0 aliphatic rings. The van der Waals surface area contributed by atoms with Crippen molar-refractivity contribution in [3.63, 3.8) is 0 Å². The second-order valence-corrected chi connectivity index (χ2v) is 2.96. The Balaban J connectivity index is 0.000000845. The molecular weight excluding hydrogens is 165 g/mol. The number of hydrogen-bond donors (Lipinski definition) is 1. The predicted molar refractivity (Wildman–Crippen MR) is 53.7 cm³/mol. The fourth-order valence-electron chi connectivity index (χ4n) is 1.35. The summed E-state index contributed by atoms with van der Waals surface area (Å²) in [6.07, 6.45) is 0. The molecule has 0 aromatic heterocycles. The molecule has 2 heteroatoms. The van der Waals surface area contributed by atoms with Gasteiger partial charge in [0.1, 0.15) is 5.82 Å². The molecule has 0 spiro atoms. The quantitative estimate of drug-likeness (QED) is 0.657. The summed E-state index contributed by atoms with van der Waals surface area (Å²) in [7, 11) is 0. The smallest absolute Gasteiger partial charge is 0.131 e. The molecule has 0 heterocycles. The minimum absolute atomic E-state index is 0. The first-order valence-corrected chi connectivity index (χ1v) is 3.92. The zero-order valence-corrected chi connectivity index (χ0v) is 7.55. The monoisotopic (exact) mass is 177 g/mol. The van der Waals surface area contributed by atoms with Crippen molar-refractivity contribution in [2.75, 3.05) is 0 Å². The van der Waals surface area contributed by atoms with Crippen molar-refractivity contribution in [2.24, 2.45) is 0 Å².